The number of Topliss-reactive ketones (excluding diaryl/α,β-unsaturated/α-hetero) is 1. The number of benzene rings is 2. The lowest BCUT2D eigenvalue weighted by Gasteiger charge is -2.16. The number of ketones is 1. The highest BCUT2D eigenvalue weighted by molar-refractivity contribution is 6.04. The van der Waals surface area contributed by atoms with Gasteiger partial charge in [0.05, 0.1) is 12.0 Å². The third-order valence-corrected chi connectivity index (χ3v) is 5.28. The highest BCUT2D eigenvalue weighted by Crippen LogP contribution is 2.28. The van der Waals surface area contributed by atoms with Crippen molar-refractivity contribution in [3.05, 3.63) is 59.2 Å². The third kappa shape index (κ3) is 3.63. The van der Waals surface area contributed by atoms with Crippen LogP contribution in [0.3, 0.4) is 0 Å². The predicted octanol–water partition coefficient (Wildman–Crippen LogP) is 2.37. The minimum absolute atomic E-state index is 0.0209. The molecule has 2 aromatic rings. The summed E-state index contributed by atoms with van der Waals surface area (Å²) in [5.41, 5.74) is 2.92. The van der Waals surface area contributed by atoms with Gasteiger partial charge in [0.1, 0.15) is 0 Å². The van der Waals surface area contributed by atoms with Crippen molar-refractivity contribution in [2.45, 2.75) is 19.3 Å². The van der Waals surface area contributed by atoms with Crippen LogP contribution in [0.1, 0.15) is 39.1 Å². The number of hydrogen-bond acceptors (Lipinski definition) is 5. The molecular formula is C22H20N2O5. The lowest BCUT2D eigenvalue weighted by atomic mass is 10.1. The molecule has 2 aliphatic heterocycles. The molecule has 2 heterocycles. The summed E-state index contributed by atoms with van der Waals surface area (Å²) in [7, 11) is 1.70. The number of amides is 2. The second-order valence-corrected chi connectivity index (χ2v) is 7.17. The third-order valence-electron chi connectivity index (χ3n) is 5.28. The van der Waals surface area contributed by atoms with Crippen LogP contribution in [0.25, 0.3) is 0 Å². The van der Waals surface area contributed by atoms with E-state index in [4.69, 9.17) is 4.74 Å². The number of nitrogens with zero attached hydrogens (tertiary/aromatic N) is 2. The lowest BCUT2D eigenvalue weighted by Crippen LogP contribution is -2.24. The molecule has 0 saturated carbocycles. The number of ether oxygens (including phenoxy) is 1. The minimum Gasteiger partial charge on any atom is -0.454 e. The van der Waals surface area contributed by atoms with Gasteiger partial charge in [-0.3, -0.25) is 14.4 Å². The number of likely N-dealkylation sites (N-methyl/N-ethyl adjacent to an activating group) is 1. The van der Waals surface area contributed by atoms with Crippen molar-refractivity contribution in [1.29, 1.82) is 0 Å². The number of carbonyl (C=O) groups excluding carboxylic acids is 4. The van der Waals surface area contributed by atoms with Crippen LogP contribution in [-0.2, 0) is 20.7 Å². The van der Waals surface area contributed by atoms with Gasteiger partial charge in [-0.05, 0) is 48.4 Å². The smallest absolute Gasteiger partial charge is 0.338 e. The van der Waals surface area contributed by atoms with E-state index in [0.29, 0.717) is 24.2 Å². The van der Waals surface area contributed by atoms with Crippen molar-refractivity contribution in [3.8, 4) is 0 Å². The SMILES string of the molecule is CN1C(=O)Cc2cc(C(=O)COC(=O)c3cccc(N4CCCC4=O)c3)ccc21. The molecule has 0 radical (unpaired) electrons. The first-order chi connectivity index (χ1) is 13.9. The van der Waals surface area contributed by atoms with Crippen LogP contribution >= 0.6 is 0 Å². The highest BCUT2D eigenvalue weighted by atomic mass is 16.5. The van der Waals surface area contributed by atoms with Gasteiger partial charge in [0.25, 0.3) is 0 Å². The standard InChI is InChI=1S/C22H20N2O5/c1-23-18-8-7-14(10-16(18)12-21(23)27)19(25)13-29-22(28)15-4-2-5-17(11-15)24-9-3-6-20(24)26/h2,4-5,7-8,10-11H,3,6,9,12-13H2,1H3. The van der Waals surface area contributed by atoms with E-state index in [9.17, 15) is 19.2 Å². The normalized spacial score (nSPS) is 15.6. The molecule has 4 rings (SSSR count). The van der Waals surface area contributed by atoms with Gasteiger partial charge in [-0.2, -0.15) is 0 Å². The molecular weight excluding hydrogens is 372 g/mol. The second-order valence-electron chi connectivity index (χ2n) is 7.17. The molecule has 1 fully saturated rings. The van der Waals surface area contributed by atoms with Crippen LogP contribution in [-0.4, -0.2) is 43.8 Å². The number of fused-ring (bicyclic) bond motifs is 1. The first-order valence-electron chi connectivity index (χ1n) is 9.44. The van der Waals surface area contributed by atoms with Gasteiger partial charge in [-0.1, -0.05) is 6.07 Å². The van der Waals surface area contributed by atoms with E-state index in [1.165, 1.54) is 0 Å². The Morgan fingerprint density at radius 3 is 2.62 bits per heavy atom. The molecule has 148 valence electrons. The first-order valence-corrected chi connectivity index (χ1v) is 9.44. The Morgan fingerprint density at radius 1 is 1.03 bits per heavy atom. The average molecular weight is 392 g/mol. The summed E-state index contributed by atoms with van der Waals surface area (Å²) in [4.78, 5) is 51.7. The molecule has 7 heteroatoms. The topological polar surface area (TPSA) is 84.0 Å². The Labute approximate surface area is 167 Å². The van der Waals surface area contributed by atoms with Crippen LogP contribution in [0.4, 0.5) is 11.4 Å². The Hall–Kier alpha value is -3.48. The molecule has 0 bridgehead atoms. The summed E-state index contributed by atoms with van der Waals surface area (Å²) in [6.45, 7) is 0.236. The summed E-state index contributed by atoms with van der Waals surface area (Å²) in [6, 6.07) is 11.7. The van der Waals surface area contributed by atoms with E-state index in [-0.39, 0.29) is 29.6 Å². The fourth-order valence-electron chi connectivity index (χ4n) is 3.66. The van der Waals surface area contributed by atoms with Crippen molar-refractivity contribution in [3.63, 3.8) is 0 Å². The molecule has 7 nitrogen and oxygen atoms in total. The number of hydrogen-bond donors (Lipinski definition) is 0. The zero-order chi connectivity index (χ0) is 20.5. The maximum Gasteiger partial charge on any atom is 0.338 e. The molecule has 2 amide bonds. The van der Waals surface area contributed by atoms with Crippen molar-refractivity contribution in [1.82, 2.24) is 0 Å². The van der Waals surface area contributed by atoms with Gasteiger partial charge in [-0.15, -0.1) is 0 Å². The Bertz CT molecular complexity index is 1030. The molecule has 0 N–H and O–H groups in total. The lowest BCUT2D eigenvalue weighted by molar-refractivity contribution is -0.117. The largest absolute Gasteiger partial charge is 0.454 e. The van der Waals surface area contributed by atoms with Gasteiger partial charge in [0.2, 0.25) is 11.8 Å². The van der Waals surface area contributed by atoms with Crippen molar-refractivity contribution >= 4 is 34.9 Å². The van der Waals surface area contributed by atoms with Gasteiger partial charge in [-0.25, -0.2) is 4.79 Å². The van der Waals surface area contributed by atoms with Gasteiger partial charge < -0.3 is 14.5 Å². The fourth-order valence-corrected chi connectivity index (χ4v) is 3.66. The number of esters is 1. The molecule has 0 atom stereocenters. The van der Waals surface area contributed by atoms with E-state index < -0.39 is 12.6 Å². The molecule has 0 unspecified atom stereocenters. The first kappa shape index (κ1) is 18.9. The number of carbonyl (C=O) groups is 4. The highest BCUT2D eigenvalue weighted by Gasteiger charge is 2.25. The second kappa shape index (κ2) is 7.50. The Morgan fingerprint density at radius 2 is 1.86 bits per heavy atom. The minimum atomic E-state index is -0.622. The Kier molecular flexibility index (Phi) is 4.88. The maximum absolute atomic E-state index is 12.4. The van der Waals surface area contributed by atoms with Gasteiger partial charge >= 0.3 is 5.97 Å². The van der Waals surface area contributed by atoms with E-state index >= 15 is 0 Å². The summed E-state index contributed by atoms with van der Waals surface area (Å²) >= 11 is 0. The quantitative estimate of drug-likeness (QED) is 0.576. The van der Waals surface area contributed by atoms with Crippen LogP contribution in [0.15, 0.2) is 42.5 Å². The monoisotopic (exact) mass is 392 g/mol. The van der Waals surface area contributed by atoms with Gasteiger partial charge in [0.15, 0.2) is 12.4 Å². The fraction of sp³-hybridized carbons (Fsp3) is 0.273. The Balaban J connectivity index is 1.41. The van der Waals surface area contributed by atoms with E-state index in [0.717, 1.165) is 17.7 Å². The summed E-state index contributed by atoms with van der Waals surface area (Å²) in [5, 5.41) is 0. The zero-order valence-corrected chi connectivity index (χ0v) is 16.0. The maximum atomic E-state index is 12.4. The number of anilines is 2. The van der Waals surface area contributed by atoms with Crippen molar-refractivity contribution < 1.29 is 23.9 Å². The molecule has 0 aliphatic carbocycles. The van der Waals surface area contributed by atoms with Crippen LogP contribution in [0.5, 0.6) is 0 Å². The van der Waals surface area contributed by atoms with E-state index in [2.05, 4.69) is 0 Å². The van der Waals surface area contributed by atoms with Crippen LogP contribution in [0, 0.1) is 0 Å². The predicted molar refractivity (Wildman–Crippen MR) is 106 cm³/mol. The van der Waals surface area contributed by atoms with E-state index in [1.54, 1.807) is 59.3 Å². The van der Waals surface area contributed by atoms with Crippen molar-refractivity contribution in [2.75, 3.05) is 30.0 Å². The molecule has 1 saturated heterocycles. The zero-order valence-electron chi connectivity index (χ0n) is 16.0. The molecule has 29 heavy (non-hydrogen) atoms. The molecule has 0 aromatic heterocycles. The van der Waals surface area contributed by atoms with Crippen molar-refractivity contribution in [2.24, 2.45) is 0 Å². The summed E-state index contributed by atoms with van der Waals surface area (Å²) < 4.78 is 5.18. The molecule has 2 aliphatic rings. The summed E-state index contributed by atoms with van der Waals surface area (Å²) in [5.74, 6) is -0.948. The molecule has 2 aromatic carbocycles. The average Bonchev–Trinajstić information content (AvgIpc) is 3.28. The van der Waals surface area contributed by atoms with Crippen LogP contribution in [0.2, 0.25) is 0 Å². The number of rotatable bonds is 5. The summed E-state index contributed by atoms with van der Waals surface area (Å²) in [6.07, 6.45) is 1.56. The molecule has 0 spiro atoms. The van der Waals surface area contributed by atoms with Gasteiger partial charge in [0, 0.05) is 37.0 Å². The van der Waals surface area contributed by atoms with Crippen LogP contribution < -0.4 is 9.80 Å². The van der Waals surface area contributed by atoms with E-state index in [1.807, 2.05) is 0 Å².